The largest absolute Gasteiger partial charge is 0.489 e. The third-order valence-corrected chi connectivity index (χ3v) is 3.93. The maximum absolute atomic E-state index is 5.90. The number of benzene rings is 1. The minimum atomic E-state index is 0.471. The molecule has 1 aromatic carbocycles. The van der Waals surface area contributed by atoms with E-state index in [9.17, 15) is 0 Å². The highest BCUT2D eigenvalue weighted by Crippen LogP contribution is 2.37. The fourth-order valence-corrected chi connectivity index (χ4v) is 3.04. The van der Waals surface area contributed by atoms with Crippen LogP contribution in [-0.2, 0) is 0 Å². The Morgan fingerprint density at radius 2 is 2.10 bits per heavy atom. The first-order chi connectivity index (χ1) is 9.79. The maximum atomic E-state index is 5.90. The molecule has 0 aromatic heterocycles. The SMILES string of the molecule is CC.Cc1cccc2c1N1CCN(CCN)CC1CO2. The van der Waals surface area contributed by atoms with Crippen molar-refractivity contribution in [3.05, 3.63) is 23.8 Å². The van der Waals surface area contributed by atoms with Crippen molar-refractivity contribution in [2.24, 2.45) is 5.73 Å². The Labute approximate surface area is 122 Å². The summed E-state index contributed by atoms with van der Waals surface area (Å²) in [7, 11) is 0. The van der Waals surface area contributed by atoms with Gasteiger partial charge in [-0.25, -0.2) is 0 Å². The molecule has 2 heterocycles. The Hall–Kier alpha value is -1.26. The van der Waals surface area contributed by atoms with Crippen molar-refractivity contribution < 1.29 is 4.74 Å². The molecular weight excluding hydrogens is 250 g/mol. The van der Waals surface area contributed by atoms with E-state index in [0.717, 1.165) is 45.1 Å². The molecule has 2 aliphatic heterocycles. The van der Waals surface area contributed by atoms with Crippen LogP contribution in [0.3, 0.4) is 0 Å². The zero-order valence-corrected chi connectivity index (χ0v) is 12.9. The zero-order valence-electron chi connectivity index (χ0n) is 12.9. The van der Waals surface area contributed by atoms with Gasteiger partial charge in [0.25, 0.3) is 0 Å². The molecule has 0 aliphatic carbocycles. The van der Waals surface area contributed by atoms with Crippen molar-refractivity contribution >= 4 is 5.69 Å². The number of anilines is 1. The summed E-state index contributed by atoms with van der Waals surface area (Å²) in [6.07, 6.45) is 0. The summed E-state index contributed by atoms with van der Waals surface area (Å²) < 4.78 is 5.90. The van der Waals surface area contributed by atoms with Gasteiger partial charge in [-0.1, -0.05) is 26.0 Å². The number of ether oxygens (including phenoxy) is 1. The number of piperazine rings is 1. The average molecular weight is 277 g/mol. The van der Waals surface area contributed by atoms with Crippen LogP contribution in [0.2, 0.25) is 0 Å². The molecule has 0 spiro atoms. The zero-order chi connectivity index (χ0) is 14.5. The summed E-state index contributed by atoms with van der Waals surface area (Å²) in [6.45, 7) is 11.9. The molecule has 3 rings (SSSR count). The number of rotatable bonds is 2. The summed E-state index contributed by atoms with van der Waals surface area (Å²) >= 11 is 0. The molecule has 1 fully saturated rings. The van der Waals surface area contributed by atoms with Crippen LogP contribution in [0.5, 0.6) is 5.75 Å². The first-order valence-electron chi connectivity index (χ1n) is 7.71. The van der Waals surface area contributed by atoms with Gasteiger partial charge in [-0.3, -0.25) is 4.90 Å². The summed E-state index contributed by atoms with van der Waals surface area (Å²) in [5.74, 6) is 1.04. The normalized spacial score (nSPS) is 21.2. The third kappa shape index (κ3) is 2.91. The van der Waals surface area contributed by atoms with Gasteiger partial charge in [-0.2, -0.15) is 0 Å². The van der Waals surface area contributed by atoms with Crippen molar-refractivity contribution in [1.29, 1.82) is 0 Å². The summed E-state index contributed by atoms with van der Waals surface area (Å²) in [5, 5.41) is 0. The minimum absolute atomic E-state index is 0.471. The third-order valence-electron chi connectivity index (χ3n) is 3.93. The van der Waals surface area contributed by atoms with E-state index in [1.807, 2.05) is 13.8 Å². The fourth-order valence-electron chi connectivity index (χ4n) is 3.04. The Morgan fingerprint density at radius 3 is 2.85 bits per heavy atom. The number of nitrogens with two attached hydrogens (primary N) is 1. The number of aryl methyl sites for hydroxylation is 1. The molecule has 0 saturated carbocycles. The summed E-state index contributed by atoms with van der Waals surface area (Å²) in [5.41, 5.74) is 8.24. The van der Waals surface area contributed by atoms with Crippen molar-refractivity contribution in [2.75, 3.05) is 44.2 Å². The van der Waals surface area contributed by atoms with E-state index in [1.54, 1.807) is 0 Å². The van der Waals surface area contributed by atoms with Crippen LogP contribution < -0.4 is 15.4 Å². The monoisotopic (exact) mass is 277 g/mol. The Morgan fingerprint density at radius 1 is 1.30 bits per heavy atom. The molecule has 4 heteroatoms. The van der Waals surface area contributed by atoms with Crippen LogP contribution in [0.1, 0.15) is 19.4 Å². The molecule has 4 nitrogen and oxygen atoms in total. The van der Waals surface area contributed by atoms with E-state index in [2.05, 4.69) is 34.9 Å². The first kappa shape index (κ1) is 15.1. The topological polar surface area (TPSA) is 41.7 Å². The number of hydrogen-bond donors (Lipinski definition) is 1. The van der Waals surface area contributed by atoms with Gasteiger partial charge in [0.1, 0.15) is 12.4 Å². The smallest absolute Gasteiger partial charge is 0.142 e. The lowest BCUT2D eigenvalue weighted by molar-refractivity contribution is 0.170. The maximum Gasteiger partial charge on any atom is 0.142 e. The lowest BCUT2D eigenvalue weighted by atomic mass is 10.1. The van der Waals surface area contributed by atoms with E-state index in [4.69, 9.17) is 10.5 Å². The molecule has 2 N–H and O–H groups in total. The predicted octanol–water partition coefficient (Wildman–Crippen LogP) is 1.86. The fraction of sp³-hybridized carbons (Fsp3) is 0.625. The molecule has 1 atom stereocenters. The molecule has 0 radical (unpaired) electrons. The predicted molar refractivity (Wildman–Crippen MR) is 84.7 cm³/mol. The van der Waals surface area contributed by atoms with Gasteiger partial charge in [0, 0.05) is 32.7 Å². The van der Waals surface area contributed by atoms with Crippen LogP contribution in [0.15, 0.2) is 18.2 Å². The Kier molecular flexibility index (Phi) is 5.26. The van der Waals surface area contributed by atoms with E-state index in [1.165, 1.54) is 11.3 Å². The molecule has 0 amide bonds. The van der Waals surface area contributed by atoms with Crippen LogP contribution >= 0.6 is 0 Å². The van der Waals surface area contributed by atoms with Crippen LogP contribution in [0.25, 0.3) is 0 Å². The number of fused-ring (bicyclic) bond motifs is 3. The molecular formula is C16H27N3O. The molecule has 1 aromatic rings. The number of nitrogens with zero attached hydrogens (tertiary/aromatic N) is 2. The standard InChI is InChI=1S/C14H21N3O.C2H6/c1-11-3-2-4-13-14(11)17-8-7-16(6-5-15)9-12(17)10-18-13;1-2/h2-4,12H,5-10,15H2,1H3;1-2H3. The van der Waals surface area contributed by atoms with E-state index in [-0.39, 0.29) is 0 Å². The highest BCUT2D eigenvalue weighted by molar-refractivity contribution is 5.65. The second-order valence-electron chi connectivity index (χ2n) is 5.17. The number of para-hydroxylation sites is 1. The van der Waals surface area contributed by atoms with Crippen LogP contribution in [-0.4, -0.2) is 50.3 Å². The second kappa shape index (κ2) is 6.95. The van der Waals surface area contributed by atoms with Gasteiger partial charge in [0.2, 0.25) is 0 Å². The first-order valence-corrected chi connectivity index (χ1v) is 7.71. The lowest BCUT2D eigenvalue weighted by Gasteiger charge is -2.46. The van der Waals surface area contributed by atoms with Gasteiger partial charge in [-0.05, 0) is 18.6 Å². The van der Waals surface area contributed by atoms with Crippen molar-refractivity contribution in [3.8, 4) is 5.75 Å². The van der Waals surface area contributed by atoms with Gasteiger partial charge in [0.05, 0.1) is 11.7 Å². The molecule has 112 valence electrons. The van der Waals surface area contributed by atoms with Crippen molar-refractivity contribution in [3.63, 3.8) is 0 Å². The second-order valence-corrected chi connectivity index (χ2v) is 5.17. The minimum Gasteiger partial charge on any atom is -0.489 e. The van der Waals surface area contributed by atoms with Gasteiger partial charge < -0.3 is 15.4 Å². The molecule has 20 heavy (non-hydrogen) atoms. The highest BCUT2D eigenvalue weighted by Gasteiger charge is 2.33. The van der Waals surface area contributed by atoms with E-state index >= 15 is 0 Å². The van der Waals surface area contributed by atoms with Gasteiger partial charge >= 0.3 is 0 Å². The summed E-state index contributed by atoms with van der Waals surface area (Å²) in [6, 6.07) is 6.78. The van der Waals surface area contributed by atoms with E-state index in [0.29, 0.717) is 6.04 Å². The molecule has 2 aliphatic rings. The van der Waals surface area contributed by atoms with Crippen LogP contribution in [0, 0.1) is 6.92 Å². The van der Waals surface area contributed by atoms with Crippen molar-refractivity contribution in [1.82, 2.24) is 4.90 Å². The Bertz CT molecular complexity index is 436. The lowest BCUT2D eigenvalue weighted by Crippen LogP contribution is -2.58. The molecule has 0 bridgehead atoms. The summed E-state index contributed by atoms with van der Waals surface area (Å²) in [4.78, 5) is 4.95. The van der Waals surface area contributed by atoms with Crippen molar-refractivity contribution in [2.45, 2.75) is 26.8 Å². The van der Waals surface area contributed by atoms with Gasteiger partial charge in [-0.15, -0.1) is 0 Å². The average Bonchev–Trinajstić information content (AvgIpc) is 2.49. The van der Waals surface area contributed by atoms with E-state index < -0.39 is 0 Å². The Balaban J connectivity index is 0.000000704. The van der Waals surface area contributed by atoms with Crippen LogP contribution in [0.4, 0.5) is 5.69 Å². The molecule has 1 unspecified atom stereocenters. The molecule has 1 saturated heterocycles. The quantitative estimate of drug-likeness (QED) is 0.896. The van der Waals surface area contributed by atoms with Gasteiger partial charge in [0.15, 0.2) is 0 Å². The number of hydrogen-bond acceptors (Lipinski definition) is 4. The highest BCUT2D eigenvalue weighted by atomic mass is 16.5.